The Morgan fingerprint density at radius 3 is 3.00 bits per heavy atom. The number of pyridine rings is 1. The van der Waals surface area contributed by atoms with Crippen LogP contribution in [0, 0.1) is 0 Å². The maximum Gasteiger partial charge on any atom is 0.315 e. The van der Waals surface area contributed by atoms with E-state index in [2.05, 4.69) is 20.9 Å². The molecule has 0 spiro atoms. The molecule has 6 nitrogen and oxygen atoms in total. The summed E-state index contributed by atoms with van der Waals surface area (Å²) in [6, 6.07) is 1.41. The van der Waals surface area contributed by atoms with Gasteiger partial charge in [0, 0.05) is 25.9 Å². The van der Waals surface area contributed by atoms with Crippen LogP contribution in [0.1, 0.15) is 19.8 Å². The molecular formula is C14H20Cl2N4O2. The van der Waals surface area contributed by atoms with E-state index < -0.39 is 0 Å². The predicted octanol–water partition coefficient (Wildman–Crippen LogP) is 2.67. The maximum atomic E-state index is 11.8. The molecular weight excluding hydrogens is 327 g/mol. The molecule has 0 aliphatic carbocycles. The van der Waals surface area contributed by atoms with Gasteiger partial charge < -0.3 is 20.7 Å². The van der Waals surface area contributed by atoms with E-state index >= 15 is 0 Å². The summed E-state index contributed by atoms with van der Waals surface area (Å²) in [5.74, 6) is 0.543. The number of hydrogen-bond acceptors (Lipinski definition) is 4. The third-order valence-electron chi connectivity index (χ3n) is 3.39. The third-order valence-corrected chi connectivity index (χ3v) is 3.89. The van der Waals surface area contributed by atoms with Gasteiger partial charge in [0.05, 0.1) is 22.2 Å². The summed E-state index contributed by atoms with van der Waals surface area (Å²) >= 11 is 11.8. The number of carbonyl (C=O) groups excluding carboxylic acids is 1. The Kier molecular flexibility index (Phi) is 6.54. The molecule has 2 atom stereocenters. The van der Waals surface area contributed by atoms with Crippen molar-refractivity contribution in [2.24, 2.45) is 0 Å². The summed E-state index contributed by atoms with van der Waals surface area (Å²) in [7, 11) is 0. The number of carbonyl (C=O) groups is 1. The fourth-order valence-electron chi connectivity index (χ4n) is 2.25. The highest BCUT2D eigenvalue weighted by atomic mass is 35.5. The van der Waals surface area contributed by atoms with Crippen molar-refractivity contribution in [3.63, 3.8) is 0 Å². The Hall–Kier alpha value is -1.24. The van der Waals surface area contributed by atoms with Crippen molar-refractivity contribution in [3.05, 3.63) is 22.3 Å². The number of nitrogens with zero attached hydrogens (tertiary/aromatic N) is 1. The fraction of sp³-hybridized carbons (Fsp3) is 0.571. The van der Waals surface area contributed by atoms with Crippen molar-refractivity contribution < 1.29 is 9.53 Å². The molecule has 2 rings (SSSR count). The van der Waals surface area contributed by atoms with Crippen molar-refractivity contribution in [2.45, 2.75) is 31.9 Å². The average molecular weight is 347 g/mol. The summed E-state index contributed by atoms with van der Waals surface area (Å²) in [5, 5.41) is 9.62. The molecule has 1 aliphatic heterocycles. The van der Waals surface area contributed by atoms with Gasteiger partial charge in [0.15, 0.2) is 0 Å². The first-order valence-corrected chi connectivity index (χ1v) is 8.02. The Morgan fingerprint density at radius 1 is 1.50 bits per heavy atom. The molecule has 0 radical (unpaired) electrons. The van der Waals surface area contributed by atoms with E-state index in [0.29, 0.717) is 29.0 Å². The number of aromatic nitrogens is 1. The number of hydrogen-bond donors (Lipinski definition) is 3. The number of nitrogens with one attached hydrogen (secondary N) is 3. The zero-order valence-corrected chi connectivity index (χ0v) is 13.9. The minimum Gasteiger partial charge on any atom is -0.376 e. The second-order valence-electron chi connectivity index (χ2n) is 5.15. The average Bonchev–Trinajstić information content (AvgIpc) is 2.99. The Bertz CT molecular complexity index is 510. The largest absolute Gasteiger partial charge is 0.376 e. The zero-order chi connectivity index (χ0) is 15.9. The van der Waals surface area contributed by atoms with Crippen LogP contribution in [-0.2, 0) is 4.74 Å². The molecule has 0 bridgehead atoms. The highest BCUT2D eigenvalue weighted by Crippen LogP contribution is 2.22. The highest BCUT2D eigenvalue weighted by Gasteiger charge is 2.23. The van der Waals surface area contributed by atoms with Crippen LogP contribution in [0.5, 0.6) is 0 Å². The minimum atomic E-state index is -0.208. The van der Waals surface area contributed by atoms with Gasteiger partial charge in [0.2, 0.25) is 0 Å². The third kappa shape index (κ3) is 5.19. The first-order valence-electron chi connectivity index (χ1n) is 7.27. The molecule has 0 unspecified atom stereocenters. The van der Waals surface area contributed by atoms with Crippen molar-refractivity contribution in [2.75, 3.05) is 25.0 Å². The first kappa shape index (κ1) is 17.1. The number of anilines is 1. The lowest BCUT2D eigenvalue weighted by molar-refractivity contribution is 0.0860. The summed E-state index contributed by atoms with van der Waals surface area (Å²) in [6.45, 7) is 3.68. The van der Waals surface area contributed by atoms with Gasteiger partial charge >= 0.3 is 6.03 Å². The molecule has 1 aliphatic rings. The van der Waals surface area contributed by atoms with E-state index in [1.54, 1.807) is 6.07 Å². The molecule has 3 N–H and O–H groups in total. The molecule has 1 aromatic heterocycles. The quantitative estimate of drug-likeness (QED) is 0.692. The second-order valence-corrected chi connectivity index (χ2v) is 5.99. The van der Waals surface area contributed by atoms with Crippen LogP contribution >= 0.6 is 23.2 Å². The number of rotatable bonds is 6. The SMILES string of the molecule is C[C@@H](NC(=O)NCCNc1ncc(Cl)cc1Cl)[C@@H]1CCCO1. The monoisotopic (exact) mass is 346 g/mol. The molecule has 1 aromatic rings. The topological polar surface area (TPSA) is 75.3 Å². The van der Waals surface area contributed by atoms with Gasteiger partial charge in [-0.1, -0.05) is 23.2 Å². The van der Waals surface area contributed by atoms with E-state index in [-0.39, 0.29) is 18.2 Å². The molecule has 2 heterocycles. The zero-order valence-electron chi connectivity index (χ0n) is 12.4. The maximum absolute atomic E-state index is 11.8. The molecule has 8 heteroatoms. The van der Waals surface area contributed by atoms with Crippen molar-refractivity contribution in [3.8, 4) is 0 Å². The molecule has 122 valence electrons. The summed E-state index contributed by atoms with van der Waals surface area (Å²) in [6.07, 6.45) is 3.67. The van der Waals surface area contributed by atoms with E-state index in [4.69, 9.17) is 27.9 Å². The fourth-order valence-corrected chi connectivity index (χ4v) is 2.70. The van der Waals surface area contributed by atoms with Crippen LogP contribution in [0.4, 0.5) is 10.6 Å². The van der Waals surface area contributed by atoms with Gasteiger partial charge in [-0.3, -0.25) is 0 Å². The Morgan fingerprint density at radius 2 is 2.32 bits per heavy atom. The number of urea groups is 1. The van der Waals surface area contributed by atoms with Gasteiger partial charge in [0.25, 0.3) is 0 Å². The lowest BCUT2D eigenvalue weighted by Gasteiger charge is -2.20. The lowest BCUT2D eigenvalue weighted by atomic mass is 10.1. The summed E-state index contributed by atoms with van der Waals surface area (Å²) in [5.41, 5.74) is 0. The predicted molar refractivity (Wildman–Crippen MR) is 87.7 cm³/mol. The van der Waals surface area contributed by atoms with Crippen LogP contribution < -0.4 is 16.0 Å². The smallest absolute Gasteiger partial charge is 0.315 e. The van der Waals surface area contributed by atoms with Crippen molar-refractivity contribution in [1.82, 2.24) is 15.6 Å². The van der Waals surface area contributed by atoms with Crippen molar-refractivity contribution in [1.29, 1.82) is 0 Å². The standard InChI is InChI=1S/C14H20Cl2N4O2/c1-9(12-3-2-6-22-12)20-14(21)18-5-4-17-13-11(16)7-10(15)8-19-13/h7-9,12H,2-6H2,1H3,(H,17,19)(H2,18,20,21)/t9-,12+/m1/s1. The lowest BCUT2D eigenvalue weighted by Crippen LogP contribution is -2.46. The van der Waals surface area contributed by atoms with Gasteiger partial charge in [-0.2, -0.15) is 0 Å². The summed E-state index contributed by atoms with van der Waals surface area (Å²) < 4.78 is 5.53. The molecule has 2 amide bonds. The first-order chi connectivity index (χ1) is 10.6. The molecule has 22 heavy (non-hydrogen) atoms. The van der Waals surface area contributed by atoms with Crippen LogP contribution in [-0.4, -0.2) is 42.9 Å². The van der Waals surface area contributed by atoms with Gasteiger partial charge in [-0.25, -0.2) is 9.78 Å². The van der Waals surface area contributed by atoms with Crippen LogP contribution in [0.15, 0.2) is 12.3 Å². The number of halogens is 2. The Labute approximate surface area is 139 Å². The van der Waals surface area contributed by atoms with E-state index in [1.807, 2.05) is 6.92 Å². The molecule has 1 fully saturated rings. The van der Waals surface area contributed by atoms with Gasteiger partial charge in [-0.15, -0.1) is 0 Å². The van der Waals surface area contributed by atoms with E-state index in [9.17, 15) is 4.79 Å². The van der Waals surface area contributed by atoms with Crippen molar-refractivity contribution >= 4 is 35.1 Å². The van der Waals surface area contributed by atoms with E-state index in [0.717, 1.165) is 19.4 Å². The molecule has 1 saturated heterocycles. The van der Waals surface area contributed by atoms with E-state index in [1.165, 1.54) is 6.20 Å². The van der Waals surface area contributed by atoms with Crippen LogP contribution in [0.2, 0.25) is 10.0 Å². The number of ether oxygens (including phenoxy) is 1. The van der Waals surface area contributed by atoms with Crippen LogP contribution in [0.25, 0.3) is 0 Å². The molecule has 0 aromatic carbocycles. The van der Waals surface area contributed by atoms with Crippen LogP contribution in [0.3, 0.4) is 0 Å². The number of amides is 2. The Balaban J connectivity index is 1.64. The van der Waals surface area contributed by atoms with Gasteiger partial charge in [0.1, 0.15) is 5.82 Å². The second kappa shape index (κ2) is 8.41. The van der Waals surface area contributed by atoms with Gasteiger partial charge in [-0.05, 0) is 25.8 Å². The normalized spacial score (nSPS) is 18.8. The highest BCUT2D eigenvalue weighted by molar-refractivity contribution is 6.35. The minimum absolute atomic E-state index is 0.00263. The molecule has 0 saturated carbocycles. The summed E-state index contributed by atoms with van der Waals surface area (Å²) in [4.78, 5) is 15.8.